The van der Waals surface area contributed by atoms with E-state index in [4.69, 9.17) is 4.74 Å². The lowest BCUT2D eigenvalue weighted by Crippen LogP contribution is -2.55. The van der Waals surface area contributed by atoms with Crippen LogP contribution in [0, 0.1) is 0 Å². The predicted molar refractivity (Wildman–Crippen MR) is 74.3 cm³/mol. The smallest absolute Gasteiger partial charge is 0.249 e. The van der Waals surface area contributed by atoms with Gasteiger partial charge in [0, 0.05) is 38.8 Å². The van der Waals surface area contributed by atoms with E-state index in [1.165, 1.54) is 0 Å². The maximum atomic E-state index is 11.9. The molecule has 1 atom stereocenters. The van der Waals surface area contributed by atoms with Crippen LogP contribution in [0.1, 0.15) is 0 Å². The molecule has 0 aliphatic carbocycles. The second-order valence-corrected chi connectivity index (χ2v) is 5.57. The molecule has 2 amide bonds. The Kier molecular flexibility index (Phi) is 5.33. The van der Waals surface area contributed by atoms with Gasteiger partial charge in [-0.3, -0.25) is 14.5 Å². The molecule has 7 nitrogen and oxygen atoms in total. The Bertz CT molecular complexity index is 364. The quantitative estimate of drug-likeness (QED) is 0.660. The topological polar surface area (TPSA) is 65.1 Å². The highest BCUT2D eigenvalue weighted by Gasteiger charge is 2.24. The zero-order valence-electron chi connectivity index (χ0n) is 12.3. The van der Waals surface area contributed by atoms with Gasteiger partial charge in [0.15, 0.2) is 0 Å². The molecule has 114 valence electrons. The molecule has 0 saturated carbocycles. The molecule has 7 heteroatoms. The summed E-state index contributed by atoms with van der Waals surface area (Å²) in [6.07, 6.45) is 0. The largest absolute Gasteiger partial charge is 0.370 e. The number of rotatable bonds is 4. The number of piperazine rings is 1. The molecule has 1 unspecified atom stereocenters. The number of likely N-dealkylation sites (N-methyl/N-ethyl adjacent to an activating group) is 2. The van der Waals surface area contributed by atoms with Crippen molar-refractivity contribution in [2.24, 2.45) is 0 Å². The molecule has 2 aliphatic rings. The van der Waals surface area contributed by atoms with Gasteiger partial charge in [-0.25, -0.2) is 0 Å². The van der Waals surface area contributed by atoms with Gasteiger partial charge >= 0.3 is 0 Å². The first kappa shape index (κ1) is 15.2. The Morgan fingerprint density at radius 1 is 1.35 bits per heavy atom. The van der Waals surface area contributed by atoms with Gasteiger partial charge in [-0.05, 0) is 14.1 Å². The molecule has 2 fully saturated rings. The maximum Gasteiger partial charge on any atom is 0.249 e. The van der Waals surface area contributed by atoms with E-state index in [1.807, 2.05) is 0 Å². The highest BCUT2D eigenvalue weighted by molar-refractivity contribution is 5.85. The van der Waals surface area contributed by atoms with Crippen molar-refractivity contribution >= 4 is 11.8 Å². The molecule has 20 heavy (non-hydrogen) atoms. The van der Waals surface area contributed by atoms with Crippen LogP contribution in [0.25, 0.3) is 0 Å². The fourth-order valence-corrected chi connectivity index (χ4v) is 2.50. The Morgan fingerprint density at radius 3 is 2.90 bits per heavy atom. The summed E-state index contributed by atoms with van der Waals surface area (Å²) in [6.45, 7) is 4.87. The fourth-order valence-electron chi connectivity index (χ4n) is 2.50. The highest BCUT2D eigenvalue weighted by Crippen LogP contribution is 2.04. The van der Waals surface area contributed by atoms with E-state index < -0.39 is 0 Å². The number of carbonyl (C=O) groups is 2. The molecule has 0 aromatic carbocycles. The predicted octanol–water partition coefficient (Wildman–Crippen LogP) is -1.79. The number of carbonyl (C=O) groups excluding carboxylic acids is 2. The number of ether oxygens (including phenoxy) is 1. The maximum absolute atomic E-state index is 11.9. The van der Waals surface area contributed by atoms with Crippen molar-refractivity contribution in [2.75, 3.05) is 66.6 Å². The van der Waals surface area contributed by atoms with Crippen molar-refractivity contribution in [3.63, 3.8) is 0 Å². The molecule has 0 spiro atoms. The lowest BCUT2D eigenvalue weighted by molar-refractivity contribution is -0.145. The first-order chi connectivity index (χ1) is 9.56. The van der Waals surface area contributed by atoms with E-state index in [2.05, 4.69) is 29.2 Å². The third kappa shape index (κ3) is 4.16. The van der Waals surface area contributed by atoms with Crippen molar-refractivity contribution in [1.82, 2.24) is 20.0 Å². The van der Waals surface area contributed by atoms with Gasteiger partial charge in [-0.1, -0.05) is 0 Å². The Labute approximate surface area is 119 Å². The number of hydrogen-bond donors (Lipinski definition) is 1. The van der Waals surface area contributed by atoms with Crippen molar-refractivity contribution in [2.45, 2.75) is 6.04 Å². The van der Waals surface area contributed by atoms with Gasteiger partial charge in [-0.15, -0.1) is 0 Å². The third-order valence-electron chi connectivity index (χ3n) is 3.93. The molecule has 0 aromatic rings. The minimum absolute atomic E-state index is 0.0867. The van der Waals surface area contributed by atoms with Crippen LogP contribution in [-0.2, 0) is 14.3 Å². The number of morpholine rings is 1. The SMILES string of the molecule is CN1CCN(C)C(CNC(=O)CN2CCOCC2=O)C1. The second kappa shape index (κ2) is 7.01. The van der Waals surface area contributed by atoms with Gasteiger partial charge in [0.2, 0.25) is 11.8 Å². The van der Waals surface area contributed by atoms with Gasteiger partial charge in [0.25, 0.3) is 0 Å². The monoisotopic (exact) mass is 284 g/mol. The lowest BCUT2D eigenvalue weighted by Gasteiger charge is -2.37. The standard InChI is InChI=1S/C13H24N4O3/c1-15-3-4-16(2)11(8-15)7-14-12(18)9-17-5-6-20-10-13(17)19/h11H,3-10H2,1-2H3,(H,14,18). The average molecular weight is 284 g/mol. The normalized spacial score (nSPS) is 25.8. The van der Waals surface area contributed by atoms with E-state index >= 15 is 0 Å². The molecule has 0 aromatic heterocycles. The summed E-state index contributed by atoms with van der Waals surface area (Å²) >= 11 is 0. The molecule has 2 aliphatic heterocycles. The van der Waals surface area contributed by atoms with E-state index in [0.29, 0.717) is 25.7 Å². The van der Waals surface area contributed by atoms with Crippen LogP contribution in [0.2, 0.25) is 0 Å². The van der Waals surface area contributed by atoms with Crippen LogP contribution < -0.4 is 5.32 Å². The molecule has 0 bridgehead atoms. The molecular weight excluding hydrogens is 260 g/mol. The molecule has 2 rings (SSSR count). The number of amides is 2. The molecule has 2 saturated heterocycles. The van der Waals surface area contributed by atoms with Crippen LogP contribution in [0.4, 0.5) is 0 Å². The first-order valence-corrected chi connectivity index (χ1v) is 7.07. The second-order valence-electron chi connectivity index (χ2n) is 5.57. The summed E-state index contributed by atoms with van der Waals surface area (Å²) in [5.74, 6) is -0.206. The van der Waals surface area contributed by atoms with Crippen molar-refractivity contribution in [1.29, 1.82) is 0 Å². The highest BCUT2D eigenvalue weighted by atomic mass is 16.5. The zero-order valence-corrected chi connectivity index (χ0v) is 12.3. The van der Waals surface area contributed by atoms with Gasteiger partial charge in [-0.2, -0.15) is 0 Å². The van der Waals surface area contributed by atoms with E-state index in [9.17, 15) is 9.59 Å². The van der Waals surface area contributed by atoms with Crippen molar-refractivity contribution in [3.05, 3.63) is 0 Å². The third-order valence-corrected chi connectivity index (χ3v) is 3.93. The summed E-state index contributed by atoms with van der Waals surface area (Å²) < 4.78 is 5.04. The number of nitrogens with one attached hydrogen (secondary N) is 1. The van der Waals surface area contributed by atoms with Crippen molar-refractivity contribution in [3.8, 4) is 0 Å². The van der Waals surface area contributed by atoms with Crippen LogP contribution in [-0.4, -0.2) is 99.1 Å². The summed E-state index contributed by atoms with van der Waals surface area (Å²) in [5.41, 5.74) is 0. The van der Waals surface area contributed by atoms with Crippen molar-refractivity contribution < 1.29 is 14.3 Å². The average Bonchev–Trinajstić information content (AvgIpc) is 2.42. The Balaban J connectivity index is 1.72. The molecule has 1 N–H and O–H groups in total. The summed E-state index contributed by atoms with van der Waals surface area (Å²) in [6, 6.07) is 0.332. The Morgan fingerprint density at radius 2 is 2.15 bits per heavy atom. The minimum Gasteiger partial charge on any atom is -0.370 e. The van der Waals surface area contributed by atoms with E-state index in [1.54, 1.807) is 4.90 Å². The van der Waals surface area contributed by atoms with Crippen LogP contribution in [0.15, 0.2) is 0 Å². The van der Waals surface area contributed by atoms with E-state index in [0.717, 1.165) is 19.6 Å². The summed E-state index contributed by atoms with van der Waals surface area (Å²) in [5, 5.41) is 2.93. The van der Waals surface area contributed by atoms with Crippen LogP contribution in [0.3, 0.4) is 0 Å². The first-order valence-electron chi connectivity index (χ1n) is 7.07. The lowest BCUT2D eigenvalue weighted by atomic mass is 10.2. The van der Waals surface area contributed by atoms with Crippen LogP contribution in [0.5, 0.6) is 0 Å². The summed E-state index contributed by atoms with van der Waals surface area (Å²) in [7, 11) is 4.17. The summed E-state index contributed by atoms with van der Waals surface area (Å²) in [4.78, 5) is 29.5. The molecule has 2 heterocycles. The van der Waals surface area contributed by atoms with Crippen LogP contribution >= 0.6 is 0 Å². The van der Waals surface area contributed by atoms with Gasteiger partial charge in [0.1, 0.15) is 6.61 Å². The van der Waals surface area contributed by atoms with Gasteiger partial charge < -0.3 is 19.9 Å². The fraction of sp³-hybridized carbons (Fsp3) is 0.846. The Hall–Kier alpha value is -1.18. The molecule has 0 radical (unpaired) electrons. The number of nitrogens with zero attached hydrogens (tertiary/aromatic N) is 3. The van der Waals surface area contributed by atoms with Gasteiger partial charge in [0.05, 0.1) is 13.2 Å². The van der Waals surface area contributed by atoms with E-state index in [-0.39, 0.29) is 25.0 Å². The number of hydrogen-bond acceptors (Lipinski definition) is 5. The zero-order chi connectivity index (χ0) is 14.5. The minimum atomic E-state index is -0.110. The molecular formula is C13H24N4O3.